The van der Waals surface area contributed by atoms with Gasteiger partial charge in [0.25, 0.3) is 0 Å². The molecule has 0 aromatic heterocycles. The van der Waals surface area contributed by atoms with Crippen LogP contribution in [-0.4, -0.2) is 12.2 Å². The van der Waals surface area contributed by atoms with Crippen molar-refractivity contribution in [2.75, 3.05) is 6.16 Å². The van der Waals surface area contributed by atoms with Gasteiger partial charge in [-0.15, -0.1) is 15.2 Å². The number of rotatable bonds is 4. The van der Waals surface area contributed by atoms with Crippen molar-refractivity contribution in [3.8, 4) is 11.8 Å². The second-order valence-electron chi connectivity index (χ2n) is 3.00. The van der Waals surface area contributed by atoms with E-state index in [0.29, 0.717) is 5.92 Å². The van der Waals surface area contributed by atoms with E-state index in [1.165, 1.54) is 12.8 Å². The third-order valence-electron chi connectivity index (χ3n) is 2.22. The van der Waals surface area contributed by atoms with Gasteiger partial charge in [-0.3, -0.25) is 0 Å². The van der Waals surface area contributed by atoms with Gasteiger partial charge < -0.3 is 5.73 Å². The molecule has 0 aliphatic rings. The lowest BCUT2D eigenvalue weighted by molar-refractivity contribution is 0.400. The predicted octanol–water partition coefficient (Wildman–Crippen LogP) is 2.02. The smallest absolute Gasteiger partial charge is 0.0243 e. The summed E-state index contributed by atoms with van der Waals surface area (Å²) in [6.07, 6.45) is 4.04. The molecule has 0 fully saturated rings. The van der Waals surface area contributed by atoms with Crippen molar-refractivity contribution in [3.63, 3.8) is 0 Å². The zero-order valence-electron chi connectivity index (χ0n) is 8.14. The van der Waals surface area contributed by atoms with Crippen LogP contribution in [0.5, 0.6) is 0 Å². The van der Waals surface area contributed by atoms with Gasteiger partial charge in [0, 0.05) is 18.6 Å². The van der Waals surface area contributed by atoms with Crippen LogP contribution in [0.1, 0.15) is 33.1 Å². The Bertz CT molecular complexity index is 153. The van der Waals surface area contributed by atoms with Crippen LogP contribution in [0.15, 0.2) is 0 Å². The van der Waals surface area contributed by atoms with Gasteiger partial charge in [0.2, 0.25) is 0 Å². The molecule has 0 saturated carbocycles. The highest BCUT2D eigenvalue weighted by Gasteiger charge is 2.11. The van der Waals surface area contributed by atoms with Gasteiger partial charge in [0.05, 0.1) is 0 Å². The van der Waals surface area contributed by atoms with Gasteiger partial charge in [-0.1, -0.05) is 32.6 Å². The van der Waals surface area contributed by atoms with Crippen LogP contribution in [0.4, 0.5) is 0 Å². The third-order valence-corrected chi connectivity index (χ3v) is 2.42. The highest BCUT2D eigenvalue weighted by atomic mass is 31.0. The van der Waals surface area contributed by atoms with Crippen LogP contribution in [0.25, 0.3) is 0 Å². The van der Waals surface area contributed by atoms with E-state index in [1.54, 1.807) is 0 Å². The van der Waals surface area contributed by atoms with E-state index in [4.69, 9.17) is 5.73 Å². The summed E-state index contributed by atoms with van der Waals surface area (Å²) in [6, 6.07) is 0.268. The molecule has 0 radical (unpaired) electrons. The fraction of sp³-hybridized carbons (Fsp3) is 0.800. The first-order chi connectivity index (χ1) is 5.76. The zero-order chi connectivity index (χ0) is 9.40. The number of hydrogen-bond acceptors (Lipinski definition) is 1. The monoisotopic (exact) mass is 185 g/mol. The van der Waals surface area contributed by atoms with Crippen molar-refractivity contribution < 1.29 is 0 Å². The van der Waals surface area contributed by atoms with E-state index >= 15 is 0 Å². The van der Waals surface area contributed by atoms with Gasteiger partial charge in [0.15, 0.2) is 0 Å². The highest BCUT2D eigenvalue weighted by Crippen LogP contribution is 2.13. The van der Waals surface area contributed by atoms with E-state index in [-0.39, 0.29) is 6.04 Å². The Hall–Kier alpha value is -0.0500. The Kier molecular flexibility index (Phi) is 7.56. The summed E-state index contributed by atoms with van der Waals surface area (Å²) in [6.45, 7) is 4.38. The molecule has 0 bridgehead atoms. The van der Waals surface area contributed by atoms with E-state index in [2.05, 4.69) is 34.9 Å². The van der Waals surface area contributed by atoms with E-state index < -0.39 is 0 Å². The molecule has 2 N–H and O–H groups in total. The van der Waals surface area contributed by atoms with Crippen molar-refractivity contribution in [2.24, 2.45) is 11.7 Å². The lowest BCUT2D eigenvalue weighted by Crippen LogP contribution is -2.28. The first-order valence-electron chi connectivity index (χ1n) is 4.67. The lowest BCUT2D eigenvalue weighted by Gasteiger charge is -2.18. The normalized spacial score (nSPS) is 12.4. The van der Waals surface area contributed by atoms with Crippen LogP contribution in [0.2, 0.25) is 0 Å². The molecule has 1 nitrogen and oxygen atoms in total. The van der Waals surface area contributed by atoms with Gasteiger partial charge in [-0.25, -0.2) is 0 Å². The molecule has 0 spiro atoms. The van der Waals surface area contributed by atoms with Crippen molar-refractivity contribution in [1.82, 2.24) is 0 Å². The largest absolute Gasteiger partial charge is 0.327 e. The molecule has 0 aromatic carbocycles. The maximum atomic E-state index is 5.97. The Morgan fingerprint density at radius 2 is 1.83 bits per heavy atom. The Morgan fingerprint density at radius 1 is 1.25 bits per heavy atom. The van der Waals surface area contributed by atoms with Crippen molar-refractivity contribution >= 4 is 9.24 Å². The third kappa shape index (κ3) is 4.75. The molecule has 2 heteroatoms. The quantitative estimate of drug-likeness (QED) is 0.526. The topological polar surface area (TPSA) is 26.0 Å². The minimum Gasteiger partial charge on any atom is -0.327 e. The van der Waals surface area contributed by atoms with Gasteiger partial charge in [-0.2, -0.15) is 0 Å². The Balaban J connectivity index is 3.75. The Labute approximate surface area is 78.7 Å². The fourth-order valence-corrected chi connectivity index (χ4v) is 1.47. The number of hydrogen-bond donors (Lipinski definition) is 1. The Morgan fingerprint density at radius 3 is 2.25 bits per heavy atom. The predicted molar refractivity (Wildman–Crippen MR) is 59.0 cm³/mol. The van der Waals surface area contributed by atoms with Gasteiger partial charge >= 0.3 is 0 Å². The summed E-state index contributed by atoms with van der Waals surface area (Å²) in [4.78, 5) is 0. The van der Waals surface area contributed by atoms with E-state index in [1.807, 2.05) is 0 Å². The minimum atomic E-state index is 0.268. The fourth-order valence-electron chi connectivity index (χ4n) is 1.32. The van der Waals surface area contributed by atoms with Crippen LogP contribution in [0, 0.1) is 17.8 Å². The molecule has 1 unspecified atom stereocenters. The summed E-state index contributed by atoms with van der Waals surface area (Å²) in [5, 5.41) is 0. The maximum absolute atomic E-state index is 5.97. The summed E-state index contributed by atoms with van der Waals surface area (Å²) in [5.74, 6) is 6.75. The molecule has 12 heavy (non-hydrogen) atoms. The zero-order valence-corrected chi connectivity index (χ0v) is 9.29. The molecule has 0 saturated heterocycles. The second kappa shape index (κ2) is 7.59. The maximum Gasteiger partial charge on any atom is 0.0243 e. The van der Waals surface area contributed by atoms with Crippen molar-refractivity contribution in [1.29, 1.82) is 0 Å². The standard InChI is InChI=1S/C10H20NP/c1-3-9(4-2)10(11)7-5-6-8-12/h9-10H,3-4,7-8,11-12H2,1-2H3/t10-/m0/s1. The minimum absolute atomic E-state index is 0.268. The SMILES string of the molecule is CCC(CC)[C@@H](N)CC#CCP. The van der Waals surface area contributed by atoms with Crippen LogP contribution in [0.3, 0.4) is 0 Å². The molecule has 0 aliphatic heterocycles. The molecule has 0 aromatic rings. The summed E-state index contributed by atoms with van der Waals surface area (Å²) in [7, 11) is 2.59. The first-order valence-corrected chi connectivity index (χ1v) is 5.49. The summed E-state index contributed by atoms with van der Waals surface area (Å²) >= 11 is 0. The van der Waals surface area contributed by atoms with Gasteiger partial charge in [-0.05, 0) is 5.92 Å². The van der Waals surface area contributed by atoms with E-state index in [9.17, 15) is 0 Å². The second-order valence-corrected chi connectivity index (χ2v) is 3.41. The molecule has 0 amide bonds. The molecule has 0 rings (SSSR count). The molecular weight excluding hydrogens is 165 g/mol. The molecular formula is C10H20NP. The molecule has 2 atom stereocenters. The average Bonchev–Trinajstić information content (AvgIpc) is 2.07. The summed E-state index contributed by atoms with van der Waals surface area (Å²) < 4.78 is 0. The van der Waals surface area contributed by atoms with E-state index in [0.717, 1.165) is 12.6 Å². The average molecular weight is 185 g/mol. The van der Waals surface area contributed by atoms with Crippen molar-refractivity contribution in [2.45, 2.75) is 39.2 Å². The molecule has 0 aliphatic carbocycles. The molecule has 0 heterocycles. The highest BCUT2D eigenvalue weighted by molar-refractivity contribution is 7.16. The lowest BCUT2D eigenvalue weighted by atomic mass is 9.93. The van der Waals surface area contributed by atoms with Crippen LogP contribution in [-0.2, 0) is 0 Å². The molecule has 70 valence electrons. The van der Waals surface area contributed by atoms with Crippen LogP contribution >= 0.6 is 9.24 Å². The number of nitrogens with two attached hydrogens (primary N) is 1. The summed E-state index contributed by atoms with van der Waals surface area (Å²) in [5.41, 5.74) is 5.97. The van der Waals surface area contributed by atoms with Gasteiger partial charge in [0.1, 0.15) is 0 Å². The van der Waals surface area contributed by atoms with Crippen LogP contribution < -0.4 is 5.73 Å². The van der Waals surface area contributed by atoms with Crippen molar-refractivity contribution in [3.05, 3.63) is 0 Å². The first kappa shape index (κ1) is 11.9.